The highest BCUT2D eigenvalue weighted by Crippen LogP contribution is 2.25. The predicted molar refractivity (Wildman–Crippen MR) is 96.5 cm³/mol. The fourth-order valence-electron chi connectivity index (χ4n) is 1.64. The molecule has 2 N–H and O–H groups in total. The van der Waals surface area contributed by atoms with Crippen LogP contribution >= 0.6 is 45.5 Å². The Labute approximate surface area is 146 Å². The van der Waals surface area contributed by atoms with Crippen molar-refractivity contribution in [3.63, 3.8) is 0 Å². The molecule has 0 atom stereocenters. The largest absolute Gasteiger partial charge is 0.450 e. The van der Waals surface area contributed by atoms with Crippen LogP contribution in [0.1, 0.15) is 11.8 Å². The molecule has 1 aromatic carbocycles. The van der Waals surface area contributed by atoms with Gasteiger partial charge in [-0.25, -0.2) is 4.79 Å². The van der Waals surface area contributed by atoms with Gasteiger partial charge in [-0.2, -0.15) is 0 Å². The minimum absolute atomic E-state index is 0.353. The second kappa shape index (κ2) is 7.86. The van der Waals surface area contributed by atoms with Crippen molar-refractivity contribution in [1.82, 2.24) is 0 Å². The molecule has 0 bridgehead atoms. The van der Waals surface area contributed by atoms with Gasteiger partial charge in [-0.05, 0) is 59.8 Å². The maximum Gasteiger partial charge on any atom is 0.411 e. The van der Waals surface area contributed by atoms with E-state index in [2.05, 4.69) is 33.2 Å². The number of anilines is 2. The van der Waals surface area contributed by atoms with E-state index in [1.54, 1.807) is 18.3 Å². The summed E-state index contributed by atoms with van der Waals surface area (Å²) in [5.74, 6) is 0. The number of rotatable bonds is 5. The monoisotopic (exact) mass is 436 g/mol. The van der Waals surface area contributed by atoms with Gasteiger partial charge in [0.25, 0.3) is 0 Å². The van der Waals surface area contributed by atoms with Gasteiger partial charge in [-0.15, -0.1) is 11.3 Å². The molecule has 0 spiro atoms. The van der Waals surface area contributed by atoms with Crippen LogP contribution < -0.4 is 10.6 Å². The summed E-state index contributed by atoms with van der Waals surface area (Å²) in [6.45, 7) is 2.85. The summed E-state index contributed by atoms with van der Waals surface area (Å²) in [4.78, 5) is 12.6. The molecular formula is C14H14ClIN2O2S. The lowest BCUT2D eigenvalue weighted by molar-refractivity contribution is 0.168. The molecule has 0 radical (unpaired) electrons. The van der Waals surface area contributed by atoms with E-state index < -0.39 is 6.09 Å². The normalized spacial score (nSPS) is 10.2. The van der Waals surface area contributed by atoms with Crippen molar-refractivity contribution in [2.24, 2.45) is 0 Å². The van der Waals surface area contributed by atoms with E-state index in [9.17, 15) is 4.79 Å². The number of nitrogens with one attached hydrogen (secondary N) is 2. The van der Waals surface area contributed by atoms with E-state index in [1.807, 2.05) is 30.3 Å². The zero-order valence-electron chi connectivity index (χ0n) is 11.3. The average Bonchev–Trinajstić information content (AvgIpc) is 2.85. The molecule has 21 heavy (non-hydrogen) atoms. The fourth-order valence-corrected chi connectivity index (χ4v) is 3.32. The number of amides is 1. The molecule has 0 fully saturated rings. The van der Waals surface area contributed by atoms with Gasteiger partial charge in [-0.3, -0.25) is 5.32 Å². The lowest BCUT2D eigenvalue weighted by atomic mass is 10.3. The van der Waals surface area contributed by atoms with Crippen LogP contribution in [0.3, 0.4) is 0 Å². The van der Waals surface area contributed by atoms with Crippen LogP contribution in [0, 0.1) is 3.57 Å². The molecule has 1 amide bonds. The number of halogens is 2. The quantitative estimate of drug-likeness (QED) is 0.635. The van der Waals surface area contributed by atoms with Gasteiger partial charge in [0.15, 0.2) is 0 Å². The first kappa shape index (κ1) is 16.4. The summed E-state index contributed by atoms with van der Waals surface area (Å²) in [5.41, 5.74) is 1.72. The van der Waals surface area contributed by atoms with Crippen LogP contribution in [0.4, 0.5) is 16.2 Å². The highest BCUT2D eigenvalue weighted by molar-refractivity contribution is 14.1. The second-order valence-corrected chi connectivity index (χ2v) is 7.06. The summed E-state index contributed by atoms with van der Waals surface area (Å²) in [6, 6.07) is 9.62. The minimum atomic E-state index is -0.440. The van der Waals surface area contributed by atoms with Crippen molar-refractivity contribution < 1.29 is 9.53 Å². The number of thiophene rings is 1. The molecule has 0 unspecified atom stereocenters. The van der Waals surface area contributed by atoms with Crippen molar-refractivity contribution in [1.29, 1.82) is 0 Å². The molecule has 1 aromatic heterocycles. The Hall–Kier alpha value is -0.990. The standard InChI is InChI=1S/C14H14ClIN2O2S/c1-2-20-14(19)18-12-5-3-9(7-11(12)16)17-8-10-4-6-13(15)21-10/h3-7,17H,2,8H2,1H3,(H,18,19). The zero-order valence-corrected chi connectivity index (χ0v) is 15.0. The van der Waals surface area contributed by atoms with E-state index in [0.29, 0.717) is 6.61 Å². The number of benzene rings is 1. The Morgan fingerprint density at radius 3 is 2.81 bits per heavy atom. The summed E-state index contributed by atoms with van der Waals surface area (Å²) in [7, 11) is 0. The molecule has 0 saturated carbocycles. The van der Waals surface area contributed by atoms with Gasteiger partial charge in [0.1, 0.15) is 0 Å². The smallest absolute Gasteiger partial charge is 0.411 e. The first-order valence-corrected chi connectivity index (χ1v) is 8.57. The average molecular weight is 437 g/mol. The predicted octanol–water partition coefficient (Wildman–Crippen LogP) is 5.19. The highest BCUT2D eigenvalue weighted by atomic mass is 127. The Balaban J connectivity index is 1.96. The van der Waals surface area contributed by atoms with Crippen molar-refractivity contribution in [3.05, 3.63) is 43.1 Å². The van der Waals surface area contributed by atoms with E-state index >= 15 is 0 Å². The van der Waals surface area contributed by atoms with Crippen LogP contribution in [0.15, 0.2) is 30.3 Å². The van der Waals surface area contributed by atoms with E-state index in [-0.39, 0.29) is 0 Å². The first-order valence-electron chi connectivity index (χ1n) is 6.30. The molecule has 112 valence electrons. The molecular weight excluding hydrogens is 423 g/mol. The molecule has 0 saturated heterocycles. The number of ether oxygens (including phenoxy) is 1. The van der Waals surface area contributed by atoms with Gasteiger partial charge >= 0.3 is 6.09 Å². The molecule has 2 rings (SSSR count). The number of carbonyl (C=O) groups excluding carboxylic acids is 1. The lowest BCUT2D eigenvalue weighted by Gasteiger charge is -2.10. The van der Waals surface area contributed by atoms with Gasteiger partial charge in [0, 0.05) is 20.7 Å². The lowest BCUT2D eigenvalue weighted by Crippen LogP contribution is -2.14. The SMILES string of the molecule is CCOC(=O)Nc1ccc(NCc2ccc(Cl)s2)cc1I. The van der Waals surface area contributed by atoms with Crippen LogP contribution in [0.25, 0.3) is 0 Å². The van der Waals surface area contributed by atoms with Crippen molar-refractivity contribution in [2.45, 2.75) is 13.5 Å². The summed E-state index contributed by atoms with van der Waals surface area (Å²) >= 11 is 9.63. The Morgan fingerprint density at radius 1 is 1.38 bits per heavy atom. The maximum atomic E-state index is 11.4. The minimum Gasteiger partial charge on any atom is -0.450 e. The number of carbonyl (C=O) groups is 1. The fraction of sp³-hybridized carbons (Fsp3) is 0.214. The summed E-state index contributed by atoms with van der Waals surface area (Å²) in [5, 5.41) is 6.03. The Morgan fingerprint density at radius 2 is 2.19 bits per heavy atom. The molecule has 7 heteroatoms. The number of hydrogen-bond acceptors (Lipinski definition) is 4. The van der Waals surface area contributed by atoms with Crippen molar-refractivity contribution in [3.8, 4) is 0 Å². The van der Waals surface area contributed by atoms with Crippen LogP contribution in [-0.2, 0) is 11.3 Å². The van der Waals surface area contributed by atoms with Gasteiger partial charge in [0.05, 0.1) is 16.6 Å². The van der Waals surface area contributed by atoms with Gasteiger partial charge in [0.2, 0.25) is 0 Å². The van der Waals surface area contributed by atoms with Crippen LogP contribution in [0.2, 0.25) is 4.34 Å². The molecule has 0 aliphatic rings. The second-order valence-electron chi connectivity index (χ2n) is 4.10. The van der Waals surface area contributed by atoms with E-state index in [4.69, 9.17) is 16.3 Å². The Kier molecular flexibility index (Phi) is 6.13. The topological polar surface area (TPSA) is 50.4 Å². The highest BCUT2D eigenvalue weighted by Gasteiger charge is 2.06. The third-order valence-electron chi connectivity index (χ3n) is 2.58. The number of hydrogen-bond donors (Lipinski definition) is 2. The van der Waals surface area contributed by atoms with E-state index in [0.717, 1.165) is 25.8 Å². The zero-order chi connectivity index (χ0) is 15.2. The molecule has 4 nitrogen and oxygen atoms in total. The molecule has 1 heterocycles. The summed E-state index contributed by atoms with van der Waals surface area (Å²) in [6.07, 6.45) is -0.440. The third-order valence-corrected chi connectivity index (χ3v) is 4.70. The van der Waals surface area contributed by atoms with Crippen molar-refractivity contribution in [2.75, 3.05) is 17.2 Å². The van der Waals surface area contributed by atoms with Crippen LogP contribution in [0.5, 0.6) is 0 Å². The van der Waals surface area contributed by atoms with Gasteiger partial charge in [-0.1, -0.05) is 11.6 Å². The van der Waals surface area contributed by atoms with E-state index in [1.165, 1.54) is 4.88 Å². The molecule has 0 aliphatic heterocycles. The van der Waals surface area contributed by atoms with Crippen molar-refractivity contribution >= 4 is 63.0 Å². The van der Waals surface area contributed by atoms with Crippen LogP contribution in [-0.4, -0.2) is 12.7 Å². The summed E-state index contributed by atoms with van der Waals surface area (Å²) < 4.78 is 6.59. The maximum absolute atomic E-state index is 11.4. The molecule has 2 aromatic rings. The first-order chi connectivity index (χ1) is 10.1. The Bertz CT molecular complexity index is 633. The third kappa shape index (κ3) is 5.05. The molecule has 0 aliphatic carbocycles. The van der Waals surface area contributed by atoms with Gasteiger partial charge < -0.3 is 10.1 Å².